The number of benzene rings is 2. The molecule has 0 fully saturated rings. The molecule has 25 heavy (non-hydrogen) atoms. The van der Waals surface area contributed by atoms with Crippen LogP contribution in [0.3, 0.4) is 0 Å². The summed E-state index contributed by atoms with van der Waals surface area (Å²) in [6.07, 6.45) is 3.90. The maximum absolute atomic E-state index is 13.5. The van der Waals surface area contributed by atoms with Gasteiger partial charge in [-0.3, -0.25) is 9.78 Å². The van der Waals surface area contributed by atoms with Crippen LogP contribution in [0, 0.1) is 17.5 Å². The van der Waals surface area contributed by atoms with E-state index < -0.39 is 30.0 Å². The molecule has 0 aliphatic rings. The summed E-state index contributed by atoms with van der Waals surface area (Å²) in [5.41, 5.74) is 0.688. The Morgan fingerprint density at radius 1 is 0.960 bits per heavy atom. The lowest BCUT2D eigenvalue weighted by molar-refractivity contribution is -0.145. The number of fused-ring (bicyclic) bond motifs is 1. The second kappa shape index (κ2) is 7.34. The molecular weight excluding hydrogens is 331 g/mol. The predicted molar refractivity (Wildman–Crippen MR) is 86.2 cm³/mol. The Morgan fingerprint density at radius 2 is 1.76 bits per heavy atom. The SMILES string of the molecule is O=C(CCc1cncc2ccccc12)OCc1ccc(F)c(F)c1F. The molecule has 1 aromatic heterocycles. The molecule has 3 nitrogen and oxygen atoms in total. The number of aromatic nitrogens is 1. The summed E-state index contributed by atoms with van der Waals surface area (Å²) < 4.78 is 44.5. The van der Waals surface area contributed by atoms with Crippen molar-refractivity contribution in [1.82, 2.24) is 4.98 Å². The number of carbonyl (C=O) groups excluding carboxylic acids is 1. The summed E-state index contributed by atoms with van der Waals surface area (Å²) in [6.45, 7) is -0.449. The van der Waals surface area contributed by atoms with Gasteiger partial charge in [0.1, 0.15) is 6.61 Å². The molecule has 0 amide bonds. The first-order valence-corrected chi connectivity index (χ1v) is 7.66. The Labute approximate surface area is 142 Å². The molecule has 0 atom stereocenters. The molecule has 0 N–H and O–H groups in total. The van der Waals surface area contributed by atoms with Gasteiger partial charge in [0, 0.05) is 29.8 Å². The van der Waals surface area contributed by atoms with E-state index in [0.717, 1.165) is 28.5 Å². The van der Waals surface area contributed by atoms with Crippen LogP contribution in [0.4, 0.5) is 13.2 Å². The van der Waals surface area contributed by atoms with Gasteiger partial charge in [0.25, 0.3) is 0 Å². The third-order valence-electron chi connectivity index (χ3n) is 3.85. The Hall–Kier alpha value is -2.89. The van der Waals surface area contributed by atoms with Crippen LogP contribution < -0.4 is 0 Å². The van der Waals surface area contributed by atoms with Crippen molar-refractivity contribution in [3.63, 3.8) is 0 Å². The third-order valence-corrected chi connectivity index (χ3v) is 3.85. The minimum absolute atomic E-state index is 0.0704. The molecule has 2 aromatic carbocycles. The number of ether oxygens (including phenoxy) is 1. The van der Waals surface area contributed by atoms with Crippen molar-refractivity contribution < 1.29 is 22.7 Å². The molecule has 0 saturated carbocycles. The number of carbonyl (C=O) groups is 1. The van der Waals surface area contributed by atoms with Crippen LogP contribution in [0.2, 0.25) is 0 Å². The number of rotatable bonds is 5. The summed E-state index contributed by atoms with van der Waals surface area (Å²) in [5.74, 6) is -4.76. The van der Waals surface area contributed by atoms with Crippen molar-refractivity contribution in [2.24, 2.45) is 0 Å². The van der Waals surface area contributed by atoms with E-state index in [-0.39, 0.29) is 12.0 Å². The number of halogens is 3. The first-order chi connectivity index (χ1) is 12.1. The van der Waals surface area contributed by atoms with Crippen LogP contribution in [0.25, 0.3) is 10.8 Å². The van der Waals surface area contributed by atoms with Crippen LogP contribution >= 0.6 is 0 Å². The lowest BCUT2D eigenvalue weighted by atomic mass is 10.0. The summed E-state index contributed by atoms with van der Waals surface area (Å²) in [5, 5.41) is 1.97. The number of hydrogen-bond acceptors (Lipinski definition) is 3. The van der Waals surface area contributed by atoms with Crippen LogP contribution in [0.15, 0.2) is 48.8 Å². The zero-order valence-electron chi connectivity index (χ0n) is 13.1. The van der Waals surface area contributed by atoms with Crippen molar-refractivity contribution in [3.8, 4) is 0 Å². The van der Waals surface area contributed by atoms with E-state index in [1.165, 1.54) is 0 Å². The molecule has 128 valence electrons. The zero-order valence-corrected chi connectivity index (χ0v) is 13.1. The van der Waals surface area contributed by atoms with Gasteiger partial charge in [-0.2, -0.15) is 0 Å². The van der Waals surface area contributed by atoms with Crippen LogP contribution in [-0.4, -0.2) is 11.0 Å². The molecule has 1 heterocycles. The van der Waals surface area contributed by atoms with Gasteiger partial charge >= 0.3 is 5.97 Å². The summed E-state index contributed by atoms with van der Waals surface area (Å²) in [6, 6.07) is 9.51. The van der Waals surface area contributed by atoms with E-state index in [1.54, 1.807) is 12.4 Å². The minimum atomic E-state index is -1.57. The number of esters is 1. The van der Waals surface area contributed by atoms with Gasteiger partial charge in [0.05, 0.1) is 0 Å². The van der Waals surface area contributed by atoms with Crippen LogP contribution in [-0.2, 0) is 22.6 Å². The topological polar surface area (TPSA) is 39.2 Å². The maximum Gasteiger partial charge on any atom is 0.306 e. The molecule has 0 aliphatic carbocycles. The van der Waals surface area contributed by atoms with Crippen molar-refractivity contribution >= 4 is 16.7 Å². The smallest absolute Gasteiger partial charge is 0.306 e. The Kier molecular flexibility index (Phi) is 4.97. The van der Waals surface area contributed by atoms with E-state index in [9.17, 15) is 18.0 Å². The average Bonchev–Trinajstić information content (AvgIpc) is 2.64. The quantitative estimate of drug-likeness (QED) is 0.510. The average molecular weight is 345 g/mol. The van der Waals surface area contributed by atoms with E-state index in [0.29, 0.717) is 6.42 Å². The largest absolute Gasteiger partial charge is 0.461 e. The highest BCUT2D eigenvalue weighted by Gasteiger charge is 2.15. The Bertz CT molecular complexity index is 922. The molecule has 0 saturated heterocycles. The lowest BCUT2D eigenvalue weighted by Gasteiger charge is -2.08. The molecule has 0 unspecified atom stereocenters. The van der Waals surface area contributed by atoms with Gasteiger partial charge in [-0.05, 0) is 29.5 Å². The fourth-order valence-corrected chi connectivity index (χ4v) is 2.52. The monoisotopic (exact) mass is 345 g/mol. The summed E-state index contributed by atoms with van der Waals surface area (Å²) in [7, 11) is 0. The normalized spacial score (nSPS) is 10.8. The van der Waals surface area contributed by atoms with Gasteiger partial charge in [-0.1, -0.05) is 24.3 Å². The summed E-state index contributed by atoms with van der Waals surface area (Å²) >= 11 is 0. The van der Waals surface area contributed by atoms with Crippen molar-refractivity contribution in [2.45, 2.75) is 19.4 Å². The van der Waals surface area contributed by atoms with Crippen LogP contribution in [0.5, 0.6) is 0 Å². The third kappa shape index (κ3) is 3.79. The second-order valence-electron chi connectivity index (χ2n) is 5.51. The first-order valence-electron chi connectivity index (χ1n) is 7.66. The van der Waals surface area contributed by atoms with Gasteiger partial charge in [0.2, 0.25) is 0 Å². The van der Waals surface area contributed by atoms with E-state index >= 15 is 0 Å². The second-order valence-corrected chi connectivity index (χ2v) is 5.51. The fourth-order valence-electron chi connectivity index (χ4n) is 2.52. The van der Waals surface area contributed by atoms with Gasteiger partial charge < -0.3 is 4.74 Å². The Morgan fingerprint density at radius 3 is 2.60 bits per heavy atom. The molecule has 0 aliphatic heterocycles. The molecule has 0 radical (unpaired) electrons. The molecule has 0 bridgehead atoms. The first kappa shape index (κ1) is 17.0. The van der Waals surface area contributed by atoms with Gasteiger partial charge in [-0.15, -0.1) is 0 Å². The molecule has 0 spiro atoms. The molecule has 3 rings (SSSR count). The number of nitrogens with zero attached hydrogens (tertiary/aromatic N) is 1. The molecule has 3 aromatic rings. The van der Waals surface area contributed by atoms with Crippen molar-refractivity contribution in [2.75, 3.05) is 0 Å². The zero-order chi connectivity index (χ0) is 17.8. The highest BCUT2D eigenvalue weighted by atomic mass is 19.2. The van der Waals surface area contributed by atoms with Crippen molar-refractivity contribution in [3.05, 3.63) is 77.4 Å². The van der Waals surface area contributed by atoms with E-state index in [1.807, 2.05) is 24.3 Å². The highest BCUT2D eigenvalue weighted by Crippen LogP contribution is 2.19. The standard InChI is InChI=1S/C19H14F3NO2/c20-16-7-5-14(18(21)19(16)22)11-25-17(24)8-6-13-10-23-9-12-3-1-2-4-15(12)13/h1-5,7,9-10H,6,8,11H2. The summed E-state index contributed by atoms with van der Waals surface area (Å²) in [4.78, 5) is 16.0. The lowest BCUT2D eigenvalue weighted by Crippen LogP contribution is -2.08. The highest BCUT2D eigenvalue weighted by molar-refractivity contribution is 5.85. The number of hydrogen-bond donors (Lipinski definition) is 0. The maximum atomic E-state index is 13.5. The molecular formula is C19H14F3NO2. The van der Waals surface area contributed by atoms with Crippen molar-refractivity contribution in [1.29, 1.82) is 0 Å². The Balaban J connectivity index is 1.61. The van der Waals surface area contributed by atoms with Crippen LogP contribution in [0.1, 0.15) is 17.5 Å². The predicted octanol–water partition coefficient (Wildman–Crippen LogP) is 4.33. The number of aryl methyl sites for hydroxylation is 1. The van der Waals surface area contributed by atoms with Gasteiger partial charge in [-0.25, -0.2) is 13.2 Å². The fraction of sp³-hybridized carbons (Fsp3) is 0.158. The van der Waals surface area contributed by atoms with E-state index in [4.69, 9.17) is 4.74 Å². The van der Waals surface area contributed by atoms with E-state index in [2.05, 4.69) is 4.98 Å². The minimum Gasteiger partial charge on any atom is -0.461 e. The number of pyridine rings is 1. The van der Waals surface area contributed by atoms with Gasteiger partial charge in [0.15, 0.2) is 17.5 Å². The molecule has 6 heteroatoms.